The first-order valence-corrected chi connectivity index (χ1v) is 8.85. The maximum atomic E-state index is 12.1. The molecular weight excluding hydrogens is 303 g/mol. The molecule has 1 atom stereocenters. The highest BCUT2D eigenvalue weighted by Gasteiger charge is 2.31. The summed E-state index contributed by atoms with van der Waals surface area (Å²) in [6.07, 6.45) is 0. The number of carboxylic acid groups (broad SMARTS) is 1. The van der Waals surface area contributed by atoms with Crippen LogP contribution in [0.15, 0.2) is 91.0 Å². The van der Waals surface area contributed by atoms with Crippen molar-refractivity contribution in [3.05, 3.63) is 96.6 Å². The first kappa shape index (κ1) is 15.5. The van der Waals surface area contributed by atoms with Gasteiger partial charge in [0.1, 0.15) is 5.66 Å². The van der Waals surface area contributed by atoms with E-state index in [4.69, 9.17) is 0 Å². The summed E-state index contributed by atoms with van der Waals surface area (Å²) in [6.45, 7) is 0. The predicted octanol–water partition coefficient (Wildman–Crippen LogP) is 3.95. The first-order chi connectivity index (χ1) is 11.3. The van der Waals surface area contributed by atoms with Crippen molar-refractivity contribution >= 4 is 24.5 Å². The van der Waals surface area contributed by atoms with Crippen LogP contribution >= 0.6 is 7.92 Å². The Kier molecular flexibility index (Phi) is 4.85. The average Bonchev–Trinajstić information content (AvgIpc) is 2.61. The zero-order chi connectivity index (χ0) is 16.1. The number of carbonyl (C=O) groups is 1. The Bertz CT molecular complexity index is 718. The number of rotatable bonds is 5. The van der Waals surface area contributed by atoms with Gasteiger partial charge >= 0.3 is 5.97 Å². The number of benzene rings is 3. The van der Waals surface area contributed by atoms with Crippen LogP contribution in [0.2, 0.25) is 0 Å². The summed E-state index contributed by atoms with van der Waals surface area (Å²) in [7, 11) is -1.03. The minimum absolute atomic E-state index is 0.559. The summed E-state index contributed by atoms with van der Waals surface area (Å²) in [6, 6.07) is 29.4. The summed E-state index contributed by atoms with van der Waals surface area (Å²) in [5.41, 5.74) is 0.287. The SMILES string of the molecule is O=C(O)C(c1ccccc1)P(c1ccccc1)c1ccccc1. The average molecular weight is 320 g/mol. The maximum absolute atomic E-state index is 12.1. The van der Waals surface area contributed by atoms with E-state index in [0.717, 1.165) is 16.2 Å². The van der Waals surface area contributed by atoms with E-state index in [9.17, 15) is 9.90 Å². The van der Waals surface area contributed by atoms with Gasteiger partial charge in [0, 0.05) is 0 Å². The van der Waals surface area contributed by atoms with Crippen LogP contribution < -0.4 is 10.6 Å². The molecule has 0 aliphatic carbocycles. The highest BCUT2D eigenvalue weighted by atomic mass is 31.1. The summed E-state index contributed by atoms with van der Waals surface area (Å²) in [5, 5.41) is 12.1. The van der Waals surface area contributed by atoms with Gasteiger partial charge in [0.05, 0.1) is 0 Å². The Balaban J connectivity index is 2.15. The van der Waals surface area contributed by atoms with Crippen LogP contribution in [0, 0.1) is 0 Å². The van der Waals surface area contributed by atoms with E-state index in [-0.39, 0.29) is 0 Å². The van der Waals surface area contributed by atoms with Crippen molar-refractivity contribution in [1.82, 2.24) is 0 Å². The molecule has 1 unspecified atom stereocenters. The van der Waals surface area contributed by atoms with Gasteiger partial charge in [-0.15, -0.1) is 0 Å². The van der Waals surface area contributed by atoms with Gasteiger partial charge in [0.2, 0.25) is 0 Å². The molecule has 1 N–H and O–H groups in total. The van der Waals surface area contributed by atoms with Gasteiger partial charge < -0.3 is 5.11 Å². The molecule has 3 rings (SSSR count). The second kappa shape index (κ2) is 7.21. The Hall–Kier alpha value is -2.44. The maximum Gasteiger partial charge on any atom is 0.316 e. The van der Waals surface area contributed by atoms with E-state index in [2.05, 4.69) is 0 Å². The van der Waals surface area contributed by atoms with Crippen LogP contribution in [0.3, 0.4) is 0 Å². The molecule has 0 radical (unpaired) electrons. The quantitative estimate of drug-likeness (QED) is 0.723. The Morgan fingerprint density at radius 1 is 0.696 bits per heavy atom. The van der Waals surface area contributed by atoms with E-state index in [0.29, 0.717) is 0 Å². The van der Waals surface area contributed by atoms with Gasteiger partial charge in [-0.1, -0.05) is 91.0 Å². The molecule has 0 aliphatic heterocycles. The van der Waals surface area contributed by atoms with Crippen LogP contribution in [0.1, 0.15) is 11.2 Å². The Morgan fingerprint density at radius 2 is 1.09 bits per heavy atom. The lowest BCUT2D eigenvalue weighted by Crippen LogP contribution is -2.22. The summed E-state index contributed by atoms with van der Waals surface area (Å²) >= 11 is 0. The van der Waals surface area contributed by atoms with E-state index >= 15 is 0 Å². The van der Waals surface area contributed by atoms with Gasteiger partial charge in [-0.25, -0.2) is 0 Å². The van der Waals surface area contributed by atoms with Crippen molar-refractivity contribution in [3.8, 4) is 0 Å². The smallest absolute Gasteiger partial charge is 0.316 e. The minimum atomic E-state index is -1.03. The van der Waals surface area contributed by atoms with Crippen LogP contribution in [-0.2, 0) is 4.79 Å². The lowest BCUT2D eigenvalue weighted by Gasteiger charge is -2.26. The Morgan fingerprint density at radius 3 is 1.48 bits per heavy atom. The monoisotopic (exact) mass is 320 g/mol. The Labute approximate surface area is 137 Å². The molecule has 0 spiro atoms. The fraction of sp³-hybridized carbons (Fsp3) is 0.0500. The molecule has 0 saturated carbocycles. The third kappa shape index (κ3) is 3.49. The zero-order valence-electron chi connectivity index (χ0n) is 12.5. The zero-order valence-corrected chi connectivity index (χ0v) is 13.4. The second-order valence-corrected chi connectivity index (χ2v) is 7.48. The van der Waals surface area contributed by atoms with Crippen molar-refractivity contribution in [2.45, 2.75) is 5.66 Å². The molecule has 2 nitrogen and oxygen atoms in total. The van der Waals surface area contributed by atoms with Gasteiger partial charge in [-0.2, -0.15) is 0 Å². The van der Waals surface area contributed by atoms with Crippen molar-refractivity contribution in [1.29, 1.82) is 0 Å². The van der Waals surface area contributed by atoms with Gasteiger partial charge in [0.15, 0.2) is 0 Å². The van der Waals surface area contributed by atoms with Gasteiger partial charge in [-0.3, -0.25) is 4.79 Å². The highest BCUT2D eigenvalue weighted by molar-refractivity contribution is 7.74. The molecule has 0 heterocycles. The fourth-order valence-corrected chi connectivity index (χ4v) is 5.23. The van der Waals surface area contributed by atoms with E-state index in [1.54, 1.807) is 0 Å². The van der Waals surface area contributed by atoms with E-state index in [1.807, 2.05) is 91.0 Å². The lowest BCUT2D eigenvalue weighted by molar-refractivity contribution is -0.136. The largest absolute Gasteiger partial charge is 0.481 e. The van der Waals surface area contributed by atoms with Gasteiger partial charge in [-0.05, 0) is 24.1 Å². The van der Waals surface area contributed by atoms with Crippen LogP contribution in [0.4, 0.5) is 0 Å². The number of aliphatic carboxylic acids is 1. The van der Waals surface area contributed by atoms with E-state index < -0.39 is 19.5 Å². The summed E-state index contributed by atoms with van der Waals surface area (Å²) < 4.78 is 0. The number of hydrogen-bond acceptors (Lipinski definition) is 1. The molecule has 0 amide bonds. The third-order valence-corrected chi connectivity index (χ3v) is 6.42. The molecule has 23 heavy (non-hydrogen) atoms. The first-order valence-electron chi connectivity index (χ1n) is 7.44. The minimum Gasteiger partial charge on any atom is -0.481 e. The van der Waals surface area contributed by atoms with E-state index in [1.165, 1.54) is 0 Å². The van der Waals surface area contributed by atoms with Crippen LogP contribution in [0.5, 0.6) is 0 Å². The number of carboxylic acids is 1. The van der Waals surface area contributed by atoms with Crippen molar-refractivity contribution < 1.29 is 9.90 Å². The highest BCUT2D eigenvalue weighted by Crippen LogP contribution is 2.49. The summed E-state index contributed by atoms with van der Waals surface area (Å²) in [5.74, 6) is -0.782. The molecule has 3 aromatic rings. The molecule has 0 aliphatic rings. The molecule has 0 aromatic heterocycles. The van der Waals surface area contributed by atoms with Crippen molar-refractivity contribution in [2.75, 3.05) is 0 Å². The van der Waals surface area contributed by atoms with Gasteiger partial charge in [0.25, 0.3) is 0 Å². The van der Waals surface area contributed by atoms with Crippen LogP contribution in [-0.4, -0.2) is 11.1 Å². The van der Waals surface area contributed by atoms with Crippen molar-refractivity contribution in [3.63, 3.8) is 0 Å². The third-order valence-electron chi connectivity index (χ3n) is 3.68. The standard InChI is InChI=1S/C20H17O2P/c21-20(22)19(16-10-4-1-5-11-16)23(17-12-6-2-7-13-17)18-14-8-3-9-15-18/h1-15,19H,(H,21,22). The topological polar surface area (TPSA) is 37.3 Å². The molecule has 0 fully saturated rings. The molecule has 0 saturated heterocycles. The fourth-order valence-electron chi connectivity index (χ4n) is 2.66. The molecule has 0 bridgehead atoms. The molecular formula is C20H17O2P. The van der Waals surface area contributed by atoms with Crippen LogP contribution in [0.25, 0.3) is 0 Å². The van der Waals surface area contributed by atoms with Crippen molar-refractivity contribution in [2.24, 2.45) is 0 Å². The molecule has 114 valence electrons. The summed E-state index contributed by atoms with van der Waals surface area (Å²) in [4.78, 5) is 12.1. The number of hydrogen-bond donors (Lipinski definition) is 1. The second-order valence-electron chi connectivity index (χ2n) is 5.19. The lowest BCUT2D eigenvalue weighted by atomic mass is 10.1. The normalized spacial score (nSPS) is 12.0. The molecule has 3 aromatic carbocycles. The molecule has 3 heteroatoms. The predicted molar refractivity (Wildman–Crippen MR) is 95.9 cm³/mol.